The van der Waals surface area contributed by atoms with Crippen LogP contribution in [0, 0.1) is 18.3 Å². The minimum atomic E-state index is 0.482. The quantitative estimate of drug-likeness (QED) is 0.913. The van der Waals surface area contributed by atoms with Gasteiger partial charge in [-0.1, -0.05) is 6.92 Å². The molecule has 0 saturated heterocycles. The number of nitrogen functional groups attached to an aromatic ring is 1. The lowest BCUT2D eigenvalue weighted by molar-refractivity contribution is 0.360. The molecule has 0 radical (unpaired) electrons. The lowest BCUT2D eigenvalue weighted by Gasteiger charge is -2.12. The zero-order valence-electron chi connectivity index (χ0n) is 12.4. The molecule has 0 aliphatic rings. The molecule has 1 aromatic heterocycles. The van der Waals surface area contributed by atoms with Crippen LogP contribution in [0.1, 0.15) is 24.6 Å². The first-order chi connectivity index (χ1) is 10.1. The first-order valence-electron chi connectivity index (χ1n) is 6.69. The van der Waals surface area contributed by atoms with E-state index in [-0.39, 0.29) is 0 Å². The molecule has 0 atom stereocenters. The van der Waals surface area contributed by atoms with E-state index in [1.807, 2.05) is 6.92 Å². The summed E-state index contributed by atoms with van der Waals surface area (Å²) in [4.78, 5) is 0. The molecule has 2 N–H and O–H groups in total. The molecule has 6 nitrogen and oxygen atoms in total. The Morgan fingerprint density at radius 2 is 2.14 bits per heavy atom. The highest BCUT2D eigenvalue weighted by atomic mass is 16.5. The number of ether oxygens (including phenoxy) is 2. The van der Waals surface area contributed by atoms with Gasteiger partial charge in [-0.15, -0.1) is 0 Å². The Labute approximate surface area is 123 Å². The summed E-state index contributed by atoms with van der Waals surface area (Å²) in [6, 6.07) is 7.04. The molecule has 0 bridgehead atoms. The molecular formula is C15H18N4O2. The summed E-state index contributed by atoms with van der Waals surface area (Å²) in [5.74, 6) is 1.48. The number of anilines is 1. The molecule has 0 saturated carbocycles. The molecule has 110 valence electrons. The van der Waals surface area contributed by atoms with Crippen LogP contribution in [-0.4, -0.2) is 16.9 Å². The largest absolute Gasteiger partial charge is 0.493 e. The maximum Gasteiger partial charge on any atom is 0.241 e. The zero-order chi connectivity index (χ0) is 15.4. The topological polar surface area (TPSA) is 86.1 Å². The van der Waals surface area contributed by atoms with Gasteiger partial charge in [0.05, 0.1) is 24.4 Å². The van der Waals surface area contributed by atoms with Crippen LogP contribution in [0.4, 0.5) is 5.69 Å². The Kier molecular flexibility index (Phi) is 4.33. The Balaban J connectivity index is 2.40. The van der Waals surface area contributed by atoms with Crippen LogP contribution in [0.5, 0.6) is 17.4 Å². The van der Waals surface area contributed by atoms with Crippen molar-refractivity contribution in [2.45, 2.75) is 26.8 Å². The smallest absolute Gasteiger partial charge is 0.241 e. The van der Waals surface area contributed by atoms with Gasteiger partial charge in [0.15, 0.2) is 11.5 Å². The summed E-state index contributed by atoms with van der Waals surface area (Å²) < 4.78 is 12.9. The van der Waals surface area contributed by atoms with E-state index in [0.717, 1.165) is 12.1 Å². The number of aromatic nitrogens is 2. The van der Waals surface area contributed by atoms with Gasteiger partial charge in [0, 0.05) is 12.6 Å². The second-order valence-corrected chi connectivity index (χ2v) is 4.61. The molecule has 0 unspecified atom stereocenters. The number of rotatable bonds is 5. The highest BCUT2D eigenvalue weighted by Gasteiger charge is 2.16. The van der Waals surface area contributed by atoms with E-state index in [1.54, 1.807) is 22.9 Å². The highest BCUT2D eigenvalue weighted by Crippen LogP contribution is 2.35. The van der Waals surface area contributed by atoms with E-state index in [2.05, 4.69) is 18.1 Å². The molecule has 0 amide bonds. The Hall–Kier alpha value is -2.68. The van der Waals surface area contributed by atoms with Crippen molar-refractivity contribution in [3.05, 3.63) is 29.5 Å². The number of benzene rings is 1. The van der Waals surface area contributed by atoms with Crippen LogP contribution in [0.2, 0.25) is 0 Å². The SMILES string of the molecule is CCCn1nc(C)c(N)c1Oc1ccc(C#N)cc1OC. The van der Waals surface area contributed by atoms with Gasteiger partial charge in [-0.05, 0) is 25.5 Å². The average molecular weight is 286 g/mol. The highest BCUT2D eigenvalue weighted by molar-refractivity contribution is 5.56. The normalized spacial score (nSPS) is 10.2. The molecular weight excluding hydrogens is 268 g/mol. The predicted octanol–water partition coefficient (Wildman–Crippen LogP) is 2.86. The predicted molar refractivity (Wildman–Crippen MR) is 79.5 cm³/mol. The van der Waals surface area contributed by atoms with Crippen molar-refractivity contribution < 1.29 is 9.47 Å². The van der Waals surface area contributed by atoms with Gasteiger partial charge in [-0.2, -0.15) is 10.4 Å². The first kappa shape index (κ1) is 14.7. The summed E-state index contributed by atoms with van der Waals surface area (Å²) in [5, 5.41) is 13.3. The summed E-state index contributed by atoms with van der Waals surface area (Å²) in [5.41, 5.74) is 7.77. The second-order valence-electron chi connectivity index (χ2n) is 4.61. The van der Waals surface area contributed by atoms with Crippen molar-refractivity contribution in [2.75, 3.05) is 12.8 Å². The summed E-state index contributed by atoms with van der Waals surface area (Å²) in [6.07, 6.45) is 0.918. The van der Waals surface area contributed by atoms with Crippen molar-refractivity contribution in [2.24, 2.45) is 0 Å². The Morgan fingerprint density at radius 3 is 2.76 bits per heavy atom. The van der Waals surface area contributed by atoms with Crippen LogP contribution >= 0.6 is 0 Å². The molecule has 2 rings (SSSR count). The average Bonchev–Trinajstić information content (AvgIpc) is 2.75. The van der Waals surface area contributed by atoms with E-state index >= 15 is 0 Å². The van der Waals surface area contributed by atoms with E-state index in [4.69, 9.17) is 20.5 Å². The summed E-state index contributed by atoms with van der Waals surface area (Å²) in [7, 11) is 1.53. The van der Waals surface area contributed by atoms with E-state index in [0.29, 0.717) is 35.2 Å². The van der Waals surface area contributed by atoms with Gasteiger partial charge >= 0.3 is 0 Å². The van der Waals surface area contributed by atoms with E-state index in [1.165, 1.54) is 7.11 Å². The van der Waals surface area contributed by atoms with Crippen LogP contribution in [0.3, 0.4) is 0 Å². The molecule has 0 aliphatic carbocycles. The van der Waals surface area contributed by atoms with Crippen LogP contribution in [-0.2, 0) is 6.54 Å². The van der Waals surface area contributed by atoms with Crippen molar-refractivity contribution in [1.29, 1.82) is 5.26 Å². The van der Waals surface area contributed by atoms with Crippen LogP contribution in [0.25, 0.3) is 0 Å². The van der Waals surface area contributed by atoms with Gasteiger partial charge in [0.2, 0.25) is 5.88 Å². The summed E-state index contributed by atoms with van der Waals surface area (Å²) in [6.45, 7) is 4.61. The van der Waals surface area contributed by atoms with Gasteiger partial charge in [0.25, 0.3) is 0 Å². The van der Waals surface area contributed by atoms with Crippen LogP contribution in [0.15, 0.2) is 18.2 Å². The lowest BCUT2D eigenvalue weighted by atomic mass is 10.2. The molecule has 0 spiro atoms. The van der Waals surface area contributed by atoms with E-state index in [9.17, 15) is 0 Å². The monoisotopic (exact) mass is 286 g/mol. The van der Waals surface area contributed by atoms with Gasteiger partial charge in [0.1, 0.15) is 5.69 Å². The fourth-order valence-electron chi connectivity index (χ4n) is 1.97. The third kappa shape index (κ3) is 2.92. The first-order valence-corrected chi connectivity index (χ1v) is 6.69. The zero-order valence-corrected chi connectivity index (χ0v) is 12.4. The van der Waals surface area contributed by atoms with Crippen molar-refractivity contribution in [3.63, 3.8) is 0 Å². The molecule has 0 aliphatic heterocycles. The number of nitriles is 1. The third-order valence-corrected chi connectivity index (χ3v) is 3.06. The van der Waals surface area contributed by atoms with Gasteiger partial charge < -0.3 is 15.2 Å². The van der Waals surface area contributed by atoms with E-state index < -0.39 is 0 Å². The number of methoxy groups -OCH3 is 1. The van der Waals surface area contributed by atoms with Crippen molar-refractivity contribution in [3.8, 4) is 23.4 Å². The fraction of sp³-hybridized carbons (Fsp3) is 0.333. The van der Waals surface area contributed by atoms with Crippen LogP contribution < -0.4 is 15.2 Å². The Bertz CT molecular complexity index is 686. The number of hydrogen-bond acceptors (Lipinski definition) is 5. The second kappa shape index (κ2) is 6.18. The molecule has 2 aromatic rings. The fourth-order valence-corrected chi connectivity index (χ4v) is 1.97. The standard InChI is InChI=1S/C15H18N4O2/c1-4-7-19-15(14(17)10(2)18-19)21-12-6-5-11(9-16)8-13(12)20-3/h5-6,8H,4,7,17H2,1-3H3. The maximum atomic E-state index is 8.92. The number of nitrogens with zero attached hydrogens (tertiary/aromatic N) is 3. The van der Waals surface area contributed by atoms with Crippen molar-refractivity contribution in [1.82, 2.24) is 9.78 Å². The molecule has 21 heavy (non-hydrogen) atoms. The molecule has 6 heteroatoms. The number of hydrogen-bond donors (Lipinski definition) is 1. The minimum absolute atomic E-state index is 0.482. The molecule has 1 aromatic carbocycles. The number of aryl methyl sites for hydroxylation is 2. The number of nitrogens with two attached hydrogens (primary N) is 1. The third-order valence-electron chi connectivity index (χ3n) is 3.06. The summed E-state index contributed by atoms with van der Waals surface area (Å²) >= 11 is 0. The molecule has 0 fully saturated rings. The lowest BCUT2D eigenvalue weighted by Crippen LogP contribution is -2.03. The minimum Gasteiger partial charge on any atom is -0.493 e. The van der Waals surface area contributed by atoms with Crippen molar-refractivity contribution >= 4 is 5.69 Å². The van der Waals surface area contributed by atoms with Gasteiger partial charge in [-0.25, -0.2) is 4.68 Å². The molecule has 1 heterocycles. The van der Waals surface area contributed by atoms with Gasteiger partial charge in [-0.3, -0.25) is 0 Å². The maximum absolute atomic E-state index is 8.92. The Morgan fingerprint density at radius 1 is 1.38 bits per heavy atom.